The van der Waals surface area contributed by atoms with Crippen molar-refractivity contribution in [1.29, 1.82) is 0 Å². The van der Waals surface area contributed by atoms with Gasteiger partial charge in [-0.2, -0.15) is 0 Å². The fraction of sp³-hybridized carbons (Fsp3) is 0.350. The first-order valence-corrected chi connectivity index (χ1v) is 8.05. The lowest BCUT2D eigenvalue weighted by Gasteiger charge is -2.27. The third kappa shape index (κ3) is 2.54. The highest BCUT2D eigenvalue weighted by molar-refractivity contribution is 5.96. The fourth-order valence-electron chi connectivity index (χ4n) is 3.23. The van der Waals surface area contributed by atoms with Crippen molar-refractivity contribution < 1.29 is 9.53 Å². The second-order valence-electron chi connectivity index (χ2n) is 6.07. The molecule has 1 aromatic rings. The summed E-state index contributed by atoms with van der Waals surface area (Å²) in [6, 6.07) is 9.95. The zero-order valence-electron chi connectivity index (χ0n) is 13.2. The van der Waals surface area contributed by atoms with E-state index in [1.165, 1.54) is 0 Å². The number of carbonyl (C=O) groups is 1. The van der Waals surface area contributed by atoms with E-state index < -0.39 is 0 Å². The van der Waals surface area contributed by atoms with Crippen LogP contribution in [0, 0.1) is 5.41 Å². The Morgan fingerprint density at radius 2 is 1.86 bits per heavy atom. The number of hydrogen-bond donors (Lipinski definition) is 0. The fourth-order valence-corrected chi connectivity index (χ4v) is 3.23. The highest BCUT2D eigenvalue weighted by Gasteiger charge is 2.34. The molecule has 0 fully saturated rings. The van der Waals surface area contributed by atoms with Crippen LogP contribution in [0.4, 0.5) is 0 Å². The summed E-state index contributed by atoms with van der Waals surface area (Å²) in [6.45, 7) is 4.45. The number of ether oxygens (including phenoxy) is 1. The van der Waals surface area contributed by atoms with E-state index in [0.29, 0.717) is 5.57 Å². The maximum Gasteiger partial charge on any atom is 0.339 e. The second kappa shape index (κ2) is 5.96. The smallest absolute Gasteiger partial charge is 0.339 e. The molecule has 0 saturated carbocycles. The summed E-state index contributed by atoms with van der Waals surface area (Å²) in [5.74, 6) is -0.217. The quantitative estimate of drug-likeness (QED) is 0.741. The first kappa shape index (κ1) is 14.8. The van der Waals surface area contributed by atoms with Crippen LogP contribution in [0.3, 0.4) is 0 Å². The molecule has 0 amide bonds. The van der Waals surface area contributed by atoms with Crippen molar-refractivity contribution in [2.75, 3.05) is 0 Å². The SMILES string of the molecule is CCC1(CC)/C=C\C2=C(/C=C\C1)C(=O)OC2c1ccccc1. The van der Waals surface area contributed by atoms with Gasteiger partial charge in [-0.1, -0.05) is 68.5 Å². The third-order valence-electron chi connectivity index (χ3n) is 4.97. The topological polar surface area (TPSA) is 26.3 Å². The molecule has 1 heterocycles. The summed E-state index contributed by atoms with van der Waals surface area (Å²) in [4.78, 5) is 12.2. The highest BCUT2D eigenvalue weighted by Crippen LogP contribution is 2.41. The van der Waals surface area contributed by atoms with Gasteiger partial charge in [-0.15, -0.1) is 0 Å². The van der Waals surface area contributed by atoms with Crippen LogP contribution in [-0.4, -0.2) is 5.97 Å². The molecule has 2 aliphatic rings. The monoisotopic (exact) mass is 294 g/mol. The third-order valence-corrected chi connectivity index (χ3v) is 4.97. The summed E-state index contributed by atoms with van der Waals surface area (Å²) >= 11 is 0. The molecule has 1 unspecified atom stereocenters. The van der Waals surface area contributed by atoms with Gasteiger partial charge in [0, 0.05) is 5.57 Å². The van der Waals surface area contributed by atoms with Crippen molar-refractivity contribution in [1.82, 2.24) is 0 Å². The average molecular weight is 294 g/mol. The predicted molar refractivity (Wildman–Crippen MR) is 88.2 cm³/mol. The van der Waals surface area contributed by atoms with Crippen molar-refractivity contribution in [3.63, 3.8) is 0 Å². The molecule has 0 saturated heterocycles. The van der Waals surface area contributed by atoms with E-state index in [-0.39, 0.29) is 17.5 Å². The molecule has 1 aliphatic carbocycles. The number of cyclic esters (lactones) is 1. The molecule has 0 bridgehead atoms. The molecule has 3 rings (SSSR count). The molecular weight excluding hydrogens is 272 g/mol. The van der Waals surface area contributed by atoms with Gasteiger partial charge in [0.2, 0.25) is 0 Å². The normalized spacial score (nSPS) is 25.9. The van der Waals surface area contributed by atoms with Crippen molar-refractivity contribution >= 4 is 5.97 Å². The number of hydrogen-bond acceptors (Lipinski definition) is 2. The molecule has 1 aliphatic heterocycles. The van der Waals surface area contributed by atoms with Gasteiger partial charge in [0.15, 0.2) is 6.10 Å². The molecule has 114 valence electrons. The van der Waals surface area contributed by atoms with Crippen LogP contribution in [0.2, 0.25) is 0 Å². The summed E-state index contributed by atoms with van der Waals surface area (Å²) < 4.78 is 5.63. The van der Waals surface area contributed by atoms with Crippen molar-refractivity contribution in [3.05, 3.63) is 71.3 Å². The average Bonchev–Trinajstić information content (AvgIpc) is 2.85. The van der Waals surface area contributed by atoms with Gasteiger partial charge in [-0.25, -0.2) is 4.79 Å². The molecule has 0 aromatic heterocycles. The Hall–Kier alpha value is -2.09. The minimum atomic E-state index is -0.283. The van der Waals surface area contributed by atoms with E-state index in [1.807, 2.05) is 36.4 Å². The number of esters is 1. The van der Waals surface area contributed by atoms with Crippen LogP contribution < -0.4 is 0 Å². The van der Waals surface area contributed by atoms with Crippen molar-refractivity contribution in [2.45, 2.75) is 39.2 Å². The van der Waals surface area contributed by atoms with Crippen LogP contribution in [0.1, 0.15) is 44.8 Å². The molecule has 2 heteroatoms. The Morgan fingerprint density at radius 3 is 2.55 bits per heavy atom. The van der Waals surface area contributed by atoms with E-state index in [4.69, 9.17) is 4.74 Å². The lowest BCUT2D eigenvalue weighted by atomic mass is 9.77. The van der Waals surface area contributed by atoms with E-state index in [9.17, 15) is 4.79 Å². The number of allylic oxidation sites excluding steroid dienone is 2. The zero-order valence-corrected chi connectivity index (χ0v) is 13.2. The maximum atomic E-state index is 12.2. The summed E-state index contributed by atoms with van der Waals surface area (Å²) in [6.07, 6.45) is 11.4. The van der Waals surface area contributed by atoms with Crippen molar-refractivity contribution in [3.8, 4) is 0 Å². The van der Waals surface area contributed by atoms with Gasteiger partial charge in [-0.3, -0.25) is 0 Å². The summed E-state index contributed by atoms with van der Waals surface area (Å²) in [5.41, 5.74) is 2.89. The van der Waals surface area contributed by atoms with Crippen molar-refractivity contribution in [2.24, 2.45) is 5.41 Å². The van der Waals surface area contributed by atoms with Gasteiger partial charge < -0.3 is 4.74 Å². The van der Waals surface area contributed by atoms with Crippen LogP contribution >= 0.6 is 0 Å². The van der Waals surface area contributed by atoms with Gasteiger partial charge in [0.05, 0.1) is 5.57 Å². The molecule has 0 N–H and O–H groups in total. The Bertz CT molecular complexity index is 646. The first-order chi connectivity index (χ1) is 10.7. The van der Waals surface area contributed by atoms with Crippen LogP contribution in [0.25, 0.3) is 0 Å². The Morgan fingerprint density at radius 1 is 1.14 bits per heavy atom. The maximum absolute atomic E-state index is 12.2. The van der Waals surface area contributed by atoms with E-state index in [2.05, 4.69) is 32.1 Å². The molecule has 1 aromatic carbocycles. The highest BCUT2D eigenvalue weighted by atomic mass is 16.5. The number of benzene rings is 1. The minimum absolute atomic E-state index is 0.182. The largest absolute Gasteiger partial charge is 0.449 e. The summed E-state index contributed by atoms with van der Waals surface area (Å²) in [7, 11) is 0. The lowest BCUT2D eigenvalue weighted by Crippen LogP contribution is -2.15. The number of carbonyl (C=O) groups excluding carboxylic acids is 1. The molecule has 22 heavy (non-hydrogen) atoms. The van der Waals surface area contributed by atoms with E-state index in [1.54, 1.807) is 0 Å². The van der Waals surface area contributed by atoms with Gasteiger partial charge >= 0.3 is 5.97 Å². The first-order valence-electron chi connectivity index (χ1n) is 8.05. The molecular formula is C20H22O2. The van der Waals surface area contributed by atoms with Crippen LogP contribution in [-0.2, 0) is 9.53 Å². The minimum Gasteiger partial charge on any atom is -0.449 e. The lowest BCUT2D eigenvalue weighted by molar-refractivity contribution is -0.139. The number of rotatable bonds is 3. The zero-order chi connectivity index (χ0) is 15.6. The Labute approximate surface area is 132 Å². The molecule has 0 radical (unpaired) electrons. The summed E-state index contributed by atoms with van der Waals surface area (Å²) in [5, 5.41) is 0. The molecule has 2 nitrogen and oxygen atoms in total. The molecule has 1 atom stereocenters. The van der Waals surface area contributed by atoms with E-state index in [0.717, 1.165) is 30.4 Å². The van der Waals surface area contributed by atoms with Crippen LogP contribution in [0.5, 0.6) is 0 Å². The Kier molecular flexibility index (Phi) is 4.02. The Balaban J connectivity index is 2.04. The predicted octanol–water partition coefficient (Wildman–Crippen LogP) is 4.90. The van der Waals surface area contributed by atoms with E-state index >= 15 is 0 Å². The van der Waals surface area contributed by atoms with Gasteiger partial charge in [0.1, 0.15) is 0 Å². The second-order valence-corrected chi connectivity index (χ2v) is 6.07. The van der Waals surface area contributed by atoms with Gasteiger partial charge in [-0.05, 0) is 30.2 Å². The van der Waals surface area contributed by atoms with Crippen LogP contribution in [0.15, 0.2) is 65.8 Å². The van der Waals surface area contributed by atoms with Gasteiger partial charge in [0.25, 0.3) is 0 Å². The standard InChI is InChI=1S/C20H22O2/c1-3-20(4-2)13-8-11-17-16(12-14-20)18(22-19(17)21)15-9-6-5-7-10-15/h5-12,14,18H,3-4,13H2,1-2H3/b11-8-,14-12-. The molecule has 0 spiro atoms.